The van der Waals surface area contributed by atoms with Gasteiger partial charge in [-0.1, -0.05) is 0 Å². The molecule has 0 saturated carbocycles. The highest BCUT2D eigenvalue weighted by Crippen LogP contribution is 2.22. The van der Waals surface area contributed by atoms with E-state index in [1.54, 1.807) is 24.1 Å². The zero-order valence-corrected chi connectivity index (χ0v) is 11.9. The Morgan fingerprint density at radius 3 is 2.35 bits per heavy atom. The van der Waals surface area contributed by atoms with E-state index in [0.29, 0.717) is 13.2 Å². The molecule has 5 heteroatoms. The second-order valence-electron chi connectivity index (χ2n) is 5.01. The summed E-state index contributed by atoms with van der Waals surface area (Å²) in [5, 5.41) is 2.70. The SMILES string of the molecule is CC(=O)Nc1ccc(N(C)C(=O)C2CCOCC2)cc1. The first-order chi connectivity index (χ1) is 9.58. The summed E-state index contributed by atoms with van der Waals surface area (Å²) in [5.74, 6) is 0.0636. The van der Waals surface area contributed by atoms with Crippen molar-refractivity contribution < 1.29 is 14.3 Å². The summed E-state index contributed by atoms with van der Waals surface area (Å²) in [6.07, 6.45) is 1.57. The van der Waals surface area contributed by atoms with E-state index >= 15 is 0 Å². The van der Waals surface area contributed by atoms with Crippen LogP contribution in [0.4, 0.5) is 11.4 Å². The molecule has 1 aliphatic heterocycles. The third kappa shape index (κ3) is 3.57. The second-order valence-corrected chi connectivity index (χ2v) is 5.01. The number of benzene rings is 1. The van der Waals surface area contributed by atoms with Crippen LogP contribution in [0.3, 0.4) is 0 Å². The van der Waals surface area contributed by atoms with E-state index < -0.39 is 0 Å². The Hall–Kier alpha value is -1.88. The molecular weight excluding hydrogens is 256 g/mol. The van der Waals surface area contributed by atoms with Gasteiger partial charge in [0.05, 0.1) is 0 Å². The number of ether oxygens (including phenoxy) is 1. The summed E-state index contributed by atoms with van der Waals surface area (Å²) in [6, 6.07) is 7.26. The van der Waals surface area contributed by atoms with Crippen LogP contribution in [0, 0.1) is 5.92 Å². The highest BCUT2D eigenvalue weighted by molar-refractivity contribution is 5.95. The fourth-order valence-corrected chi connectivity index (χ4v) is 2.32. The molecule has 20 heavy (non-hydrogen) atoms. The molecule has 5 nitrogen and oxygen atoms in total. The predicted octanol–water partition coefficient (Wildman–Crippen LogP) is 2.03. The van der Waals surface area contributed by atoms with Gasteiger partial charge in [0, 0.05) is 44.5 Å². The molecule has 0 spiro atoms. The second kappa shape index (κ2) is 6.52. The first kappa shape index (κ1) is 14.5. The van der Waals surface area contributed by atoms with Gasteiger partial charge in [0.2, 0.25) is 11.8 Å². The summed E-state index contributed by atoms with van der Waals surface area (Å²) in [6.45, 7) is 2.78. The molecule has 1 heterocycles. The van der Waals surface area contributed by atoms with Crippen LogP contribution in [-0.4, -0.2) is 32.1 Å². The average Bonchev–Trinajstić information content (AvgIpc) is 2.47. The van der Waals surface area contributed by atoms with Crippen molar-refractivity contribution >= 4 is 23.2 Å². The maximum absolute atomic E-state index is 12.4. The van der Waals surface area contributed by atoms with Gasteiger partial charge in [0.15, 0.2) is 0 Å². The molecule has 2 rings (SSSR count). The van der Waals surface area contributed by atoms with Crippen LogP contribution in [0.25, 0.3) is 0 Å². The first-order valence-corrected chi connectivity index (χ1v) is 6.81. The first-order valence-electron chi connectivity index (χ1n) is 6.81. The number of rotatable bonds is 3. The topological polar surface area (TPSA) is 58.6 Å². The van der Waals surface area contributed by atoms with Crippen molar-refractivity contribution in [3.63, 3.8) is 0 Å². The molecule has 0 radical (unpaired) electrons. The lowest BCUT2D eigenvalue weighted by atomic mass is 9.98. The smallest absolute Gasteiger partial charge is 0.230 e. The fourth-order valence-electron chi connectivity index (χ4n) is 2.32. The van der Waals surface area contributed by atoms with Crippen LogP contribution in [0.1, 0.15) is 19.8 Å². The molecule has 0 bridgehead atoms. The Labute approximate surface area is 118 Å². The number of hydrogen-bond acceptors (Lipinski definition) is 3. The minimum Gasteiger partial charge on any atom is -0.381 e. The fraction of sp³-hybridized carbons (Fsp3) is 0.467. The molecule has 1 N–H and O–H groups in total. The van der Waals surface area contributed by atoms with Crippen molar-refractivity contribution in [1.29, 1.82) is 0 Å². The van der Waals surface area contributed by atoms with Crippen molar-refractivity contribution in [2.24, 2.45) is 5.92 Å². The molecule has 1 aromatic carbocycles. The molecule has 1 saturated heterocycles. The largest absolute Gasteiger partial charge is 0.381 e. The molecule has 1 fully saturated rings. The summed E-state index contributed by atoms with van der Waals surface area (Å²) in [5.41, 5.74) is 1.56. The van der Waals surface area contributed by atoms with Crippen LogP contribution >= 0.6 is 0 Å². The van der Waals surface area contributed by atoms with E-state index in [9.17, 15) is 9.59 Å². The van der Waals surface area contributed by atoms with Gasteiger partial charge in [0.25, 0.3) is 0 Å². The lowest BCUT2D eigenvalue weighted by Gasteiger charge is -2.26. The lowest BCUT2D eigenvalue weighted by molar-refractivity contribution is -0.124. The Kier molecular flexibility index (Phi) is 4.74. The highest BCUT2D eigenvalue weighted by atomic mass is 16.5. The van der Waals surface area contributed by atoms with Crippen molar-refractivity contribution in [1.82, 2.24) is 0 Å². The molecule has 0 unspecified atom stereocenters. The number of amides is 2. The quantitative estimate of drug-likeness (QED) is 0.919. The van der Waals surface area contributed by atoms with Crippen molar-refractivity contribution in [2.45, 2.75) is 19.8 Å². The van der Waals surface area contributed by atoms with E-state index in [0.717, 1.165) is 24.2 Å². The molecule has 0 atom stereocenters. The van der Waals surface area contributed by atoms with Crippen LogP contribution in [0.15, 0.2) is 24.3 Å². The highest BCUT2D eigenvalue weighted by Gasteiger charge is 2.25. The maximum Gasteiger partial charge on any atom is 0.230 e. The Bertz CT molecular complexity index is 478. The van der Waals surface area contributed by atoms with Gasteiger partial charge in [0.1, 0.15) is 0 Å². The monoisotopic (exact) mass is 276 g/mol. The van der Waals surface area contributed by atoms with E-state index in [4.69, 9.17) is 4.74 Å². The van der Waals surface area contributed by atoms with Crippen LogP contribution < -0.4 is 10.2 Å². The Morgan fingerprint density at radius 2 is 1.80 bits per heavy atom. The Balaban J connectivity index is 2.02. The number of anilines is 2. The minimum atomic E-state index is -0.107. The van der Waals surface area contributed by atoms with Gasteiger partial charge in [-0.15, -0.1) is 0 Å². The molecule has 0 aromatic heterocycles. The molecule has 0 aliphatic carbocycles. The minimum absolute atomic E-state index is 0.0452. The standard InChI is InChI=1S/C15H20N2O3/c1-11(18)16-13-3-5-14(6-4-13)17(2)15(19)12-7-9-20-10-8-12/h3-6,12H,7-10H2,1-2H3,(H,16,18). The third-order valence-corrected chi connectivity index (χ3v) is 3.48. The zero-order valence-electron chi connectivity index (χ0n) is 11.9. The van der Waals surface area contributed by atoms with Gasteiger partial charge in [-0.3, -0.25) is 9.59 Å². The zero-order chi connectivity index (χ0) is 14.5. The van der Waals surface area contributed by atoms with Gasteiger partial charge in [-0.25, -0.2) is 0 Å². The van der Waals surface area contributed by atoms with Gasteiger partial charge >= 0.3 is 0 Å². The molecular formula is C15H20N2O3. The van der Waals surface area contributed by atoms with E-state index in [1.807, 2.05) is 12.1 Å². The van der Waals surface area contributed by atoms with Crippen molar-refractivity contribution in [3.05, 3.63) is 24.3 Å². The number of nitrogens with one attached hydrogen (secondary N) is 1. The van der Waals surface area contributed by atoms with Crippen LogP contribution in [0.2, 0.25) is 0 Å². The Morgan fingerprint density at radius 1 is 1.20 bits per heavy atom. The number of carbonyl (C=O) groups excluding carboxylic acids is 2. The van der Waals surface area contributed by atoms with Crippen LogP contribution in [0.5, 0.6) is 0 Å². The summed E-state index contributed by atoms with van der Waals surface area (Å²) in [4.78, 5) is 25.0. The van der Waals surface area contributed by atoms with E-state index in [2.05, 4.69) is 5.32 Å². The predicted molar refractivity (Wildman–Crippen MR) is 77.7 cm³/mol. The van der Waals surface area contributed by atoms with E-state index in [-0.39, 0.29) is 17.7 Å². The average molecular weight is 276 g/mol. The van der Waals surface area contributed by atoms with Crippen molar-refractivity contribution in [3.8, 4) is 0 Å². The van der Waals surface area contributed by atoms with Gasteiger partial charge < -0.3 is 15.0 Å². The molecule has 1 aliphatic rings. The molecule has 108 valence electrons. The maximum atomic E-state index is 12.4. The summed E-state index contributed by atoms with van der Waals surface area (Å²) < 4.78 is 5.28. The van der Waals surface area contributed by atoms with Gasteiger partial charge in [-0.05, 0) is 37.1 Å². The lowest BCUT2D eigenvalue weighted by Crippen LogP contribution is -2.35. The molecule has 1 aromatic rings. The summed E-state index contributed by atoms with van der Waals surface area (Å²) >= 11 is 0. The normalized spacial score (nSPS) is 15.7. The molecule has 2 amide bonds. The number of hydrogen-bond donors (Lipinski definition) is 1. The number of carbonyl (C=O) groups is 2. The van der Waals surface area contributed by atoms with Crippen LogP contribution in [-0.2, 0) is 14.3 Å². The van der Waals surface area contributed by atoms with Gasteiger partial charge in [-0.2, -0.15) is 0 Å². The van der Waals surface area contributed by atoms with E-state index in [1.165, 1.54) is 6.92 Å². The summed E-state index contributed by atoms with van der Waals surface area (Å²) in [7, 11) is 1.78. The van der Waals surface area contributed by atoms with Crippen molar-refractivity contribution in [2.75, 3.05) is 30.5 Å². The third-order valence-electron chi connectivity index (χ3n) is 3.48. The number of nitrogens with zero attached hydrogens (tertiary/aromatic N) is 1.